The lowest BCUT2D eigenvalue weighted by Crippen LogP contribution is -2.03. The van der Waals surface area contributed by atoms with E-state index in [-0.39, 0.29) is 29.7 Å². The minimum atomic E-state index is -0.424. The van der Waals surface area contributed by atoms with Gasteiger partial charge in [0.25, 0.3) is 0 Å². The average Bonchev–Trinajstić information content (AvgIpc) is 3.87. The van der Waals surface area contributed by atoms with Crippen LogP contribution in [0.15, 0.2) is 194 Å². The first-order chi connectivity index (χ1) is 29.9. The molecular formula is C51H32N4S. The van der Waals surface area contributed by atoms with E-state index in [0.717, 1.165) is 75.5 Å². The Balaban J connectivity index is 1.21. The number of nitrogens with zero attached hydrogens (tertiary/aromatic N) is 4. The van der Waals surface area contributed by atoms with E-state index < -0.39 is 6.04 Å². The van der Waals surface area contributed by atoms with Crippen molar-refractivity contribution in [3.8, 4) is 62.1 Å². The number of aromatic nitrogens is 4. The Hall–Kier alpha value is -7.21. The van der Waals surface area contributed by atoms with Crippen LogP contribution in [0.4, 0.5) is 0 Å². The van der Waals surface area contributed by atoms with Crippen molar-refractivity contribution in [2.75, 3.05) is 0 Å². The lowest BCUT2D eigenvalue weighted by Gasteiger charge is -2.15. The van der Waals surface area contributed by atoms with Crippen molar-refractivity contribution < 1.29 is 6.85 Å². The van der Waals surface area contributed by atoms with Crippen LogP contribution in [0.5, 0.6) is 0 Å². The summed E-state index contributed by atoms with van der Waals surface area (Å²) >= 11 is 1.52. The van der Waals surface area contributed by atoms with Crippen molar-refractivity contribution in [2.24, 2.45) is 0 Å². The monoisotopic (exact) mass is 737 g/mol. The van der Waals surface area contributed by atoms with Crippen LogP contribution in [0.1, 0.15) is 6.85 Å². The van der Waals surface area contributed by atoms with E-state index in [4.69, 9.17) is 21.8 Å². The Morgan fingerprint density at radius 3 is 1.75 bits per heavy atom. The van der Waals surface area contributed by atoms with Crippen LogP contribution in [0.25, 0.3) is 104 Å². The molecule has 0 saturated carbocycles. The number of rotatable bonds is 6. The summed E-state index contributed by atoms with van der Waals surface area (Å²) < 4.78 is 47.5. The molecule has 11 aromatic rings. The summed E-state index contributed by atoms with van der Waals surface area (Å²) in [5, 5.41) is 4.08. The van der Waals surface area contributed by atoms with Gasteiger partial charge in [-0.05, 0) is 59.2 Å². The summed E-state index contributed by atoms with van der Waals surface area (Å²) in [5.74, 6) is 1.53. The highest BCUT2D eigenvalue weighted by Crippen LogP contribution is 2.46. The van der Waals surface area contributed by atoms with Crippen LogP contribution in [0, 0.1) is 0 Å². The first-order valence-corrected chi connectivity index (χ1v) is 19.2. The van der Waals surface area contributed by atoms with Gasteiger partial charge in [-0.1, -0.05) is 152 Å². The average molecular weight is 738 g/mol. The summed E-state index contributed by atoms with van der Waals surface area (Å²) in [5.41, 5.74) is 8.09. The number of hydrogen-bond donors (Lipinski definition) is 0. The quantitative estimate of drug-likeness (QED) is 0.171. The smallest absolute Gasteiger partial charge is 0.166 e. The van der Waals surface area contributed by atoms with Gasteiger partial charge in [0.2, 0.25) is 0 Å². The van der Waals surface area contributed by atoms with E-state index in [2.05, 4.69) is 77.4 Å². The van der Waals surface area contributed by atoms with Crippen LogP contribution in [0.3, 0.4) is 0 Å². The fourth-order valence-corrected chi connectivity index (χ4v) is 9.09. The predicted octanol–water partition coefficient (Wildman–Crippen LogP) is 13.7. The SMILES string of the molecule is [2H]c1c([2H])c([2H])c(-c2cc(-c3ccccc3)cc3c2sc2cccc(-c4nc(-c5ccccc5)nc(-c5ccccc5-n5c6ccccc6c6ccccc65)n4)c23)c([2H])c1[2H]. The fraction of sp³-hybridized carbons (Fsp3) is 0. The molecule has 262 valence electrons. The van der Waals surface area contributed by atoms with E-state index in [9.17, 15) is 0 Å². The highest BCUT2D eigenvalue weighted by Gasteiger charge is 2.22. The first kappa shape index (κ1) is 27.4. The molecule has 0 fully saturated rings. The van der Waals surface area contributed by atoms with E-state index in [1.54, 1.807) is 0 Å². The number of thiophene rings is 1. The Bertz CT molecular complexity index is 3470. The fourth-order valence-electron chi connectivity index (χ4n) is 7.86. The molecule has 5 heteroatoms. The molecular weight excluding hydrogens is 701 g/mol. The van der Waals surface area contributed by atoms with E-state index in [0.29, 0.717) is 23.0 Å². The molecule has 0 aliphatic rings. The summed E-state index contributed by atoms with van der Waals surface area (Å²) in [7, 11) is 0. The third kappa shape index (κ3) is 5.32. The van der Waals surface area contributed by atoms with Gasteiger partial charge in [-0.15, -0.1) is 11.3 Å². The van der Waals surface area contributed by atoms with Crippen LogP contribution in [0.2, 0.25) is 0 Å². The zero-order valence-electron chi connectivity index (χ0n) is 34.8. The summed E-state index contributed by atoms with van der Waals surface area (Å²) in [6.45, 7) is 0. The van der Waals surface area contributed by atoms with Gasteiger partial charge in [-0.3, -0.25) is 0 Å². The zero-order valence-corrected chi connectivity index (χ0v) is 30.6. The van der Waals surface area contributed by atoms with E-state index in [1.807, 2.05) is 91.0 Å². The van der Waals surface area contributed by atoms with Crippen LogP contribution >= 0.6 is 11.3 Å². The van der Waals surface area contributed by atoms with Gasteiger partial charge in [0, 0.05) is 53.2 Å². The second-order valence-electron chi connectivity index (χ2n) is 13.6. The third-order valence-corrected chi connectivity index (χ3v) is 11.6. The maximum absolute atomic E-state index is 9.01. The van der Waals surface area contributed by atoms with Gasteiger partial charge in [-0.2, -0.15) is 0 Å². The summed E-state index contributed by atoms with van der Waals surface area (Å²) in [4.78, 5) is 15.7. The maximum atomic E-state index is 9.01. The lowest BCUT2D eigenvalue weighted by atomic mass is 9.95. The molecule has 4 nitrogen and oxygen atoms in total. The number of fused-ring (bicyclic) bond motifs is 6. The van der Waals surface area contributed by atoms with Crippen molar-refractivity contribution in [1.82, 2.24) is 19.5 Å². The molecule has 3 aromatic heterocycles. The Morgan fingerprint density at radius 2 is 1.02 bits per heavy atom. The second kappa shape index (κ2) is 13.3. The topological polar surface area (TPSA) is 43.6 Å². The predicted molar refractivity (Wildman–Crippen MR) is 234 cm³/mol. The molecule has 0 amide bonds. The van der Waals surface area contributed by atoms with E-state index >= 15 is 0 Å². The Morgan fingerprint density at radius 1 is 0.429 bits per heavy atom. The highest BCUT2D eigenvalue weighted by atomic mass is 32.1. The van der Waals surface area contributed by atoms with Gasteiger partial charge in [0.05, 0.1) is 23.6 Å². The van der Waals surface area contributed by atoms with Crippen molar-refractivity contribution in [1.29, 1.82) is 0 Å². The van der Waals surface area contributed by atoms with Gasteiger partial charge >= 0.3 is 0 Å². The van der Waals surface area contributed by atoms with E-state index in [1.165, 1.54) is 11.3 Å². The van der Waals surface area contributed by atoms with Crippen molar-refractivity contribution in [3.63, 3.8) is 0 Å². The normalized spacial score (nSPS) is 12.8. The zero-order chi connectivity index (χ0) is 41.4. The van der Waals surface area contributed by atoms with Gasteiger partial charge < -0.3 is 4.57 Å². The molecule has 0 aliphatic carbocycles. The standard InChI is InChI=1S/C51H32N4S/c1-4-17-33(18-5-1)36-31-41(34-19-6-2-7-20-34)48-42(32-36)47-40(26-16-30-46(47)56-48)51-53-49(35-21-8-3-9-22-35)52-50(54-51)39-25-12-15-29-45(39)55-43-27-13-10-23-37(43)38-24-11-14-28-44(38)55/h1-32H/i2D,6D,7D,19D,20D. The van der Waals surface area contributed by atoms with Gasteiger partial charge in [0.1, 0.15) is 0 Å². The third-order valence-electron chi connectivity index (χ3n) is 10.3. The molecule has 0 radical (unpaired) electrons. The highest BCUT2D eigenvalue weighted by molar-refractivity contribution is 7.26. The molecule has 0 saturated heterocycles. The molecule has 0 N–H and O–H groups in total. The first-order valence-electron chi connectivity index (χ1n) is 20.9. The van der Waals surface area contributed by atoms with Gasteiger partial charge in [0.15, 0.2) is 17.5 Å². The molecule has 0 aliphatic heterocycles. The van der Waals surface area contributed by atoms with Crippen LogP contribution in [-0.4, -0.2) is 19.5 Å². The lowest BCUT2D eigenvalue weighted by molar-refractivity contribution is 1.07. The number of hydrogen-bond acceptors (Lipinski definition) is 4. The molecule has 56 heavy (non-hydrogen) atoms. The van der Waals surface area contributed by atoms with Crippen LogP contribution < -0.4 is 0 Å². The molecule has 8 aromatic carbocycles. The molecule has 11 rings (SSSR count). The largest absolute Gasteiger partial charge is 0.309 e. The molecule has 0 spiro atoms. The van der Waals surface area contributed by atoms with Crippen molar-refractivity contribution >= 4 is 53.3 Å². The van der Waals surface area contributed by atoms with Crippen molar-refractivity contribution in [3.05, 3.63) is 194 Å². The minimum absolute atomic E-state index is 0.164. The van der Waals surface area contributed by atoms with Gasteiger partial charge in [-0.25, -0.2) is 15.0 Å². The molecule has 3 heterocycles. The maximum Gasteiger partial charge on any atom is 0.166 e. The molecule has 0 unspecified atom stereocenters. The Kier molecular flexibility index (Phi) is 6.49. The molecule has 0 atom stereocenters. The van der Waals surface area contributed by atoms with Crippen molar-refractivity contribution in [2.45, 2.75) is 0 Å². The second-order valence-corrected chi connectivity index (χ2v) is 14.7. The Labute approximate surface area is 334 Å². The minimum Gasteiger partial charge on any atom is -0.309 e. The summed E-state index contributed by atoms with van der Waals surface area (Å²) in [6, 6.07) is 53.4. The summed E-state index contributed by atoms with van der Waals surface area (Å²) in [6.07, 6.45) is 0. The number of para-hydroxylation sites is 3. The molecule has 0 bridgehead atoms. The van der Waals surface area contributed by atoms with Crippen LogP contribution in [-0.2, 0) is 0 Å². The number of benzene rings is 8.